The predicted molar refractivity (Wildman–Crippen MR) is 85.9 cm³/mol. The highest BCUT2D eigenvalue weighted by Gasteiger charge is 2.01. The van der Waals surface area contributed by atoms with Crippen molar-refractivity contribution in [2.45, 2.75) is 0 Å². The number of pyridine rings is 1. The maximum Gasteiger partial charge on any atom is 0.244 e. The fraction of sp³-hybridized carbons (Fsp3) is 0.118. The molecule has 0 bridgehead atoms. The Labute approximate surface area is 133 Å². The highest BCUT2D eigenvalue weighted by Crippen LogP contribution is 2.08. The maximum absolute atomic E-state index is 12.7. The summed E-state index contributed by atoms with van der Waals surface area (Å²) >= 11 is 0. The van der Waals surface area contributed by atoms with Crippen molar-refractivity contribution in [2.24, 2.45) is 0 Å². The highest BCUT2D eigenvalue weighted by atomic mass is 19.1. The van der Waals surface area contributed by atoms with Gasteiger partial charge in [-0.15, -0.1) is 0 Å². The summed E-state index contributed by atoms with van der Waals surface area (Å²) in [5, 5.41) is 14.6. The third-order valence-electron chi connectivity index (χ3n) is 2.94. The molecule has 0 atom stereocenters. The first-order valence-corrected chi connectivity index (χ1v) is 6.99. The zero-order valence-electron chi connectivity index (χ0n) is 12.3. The van der Waals surface area contributed by atoms with Gasteiger partial charge < -0.3 is 10.6 Å². The van der Waals surface area contributed by atoms with Crippen molar-refractivity contribution < 1.29 is 9.18 Å². The topological polar surface area (TPSA) is 77.8 Å². The standard InChI is InChI=1S/C17H15FN4O/c18-15-6-3-13(4-7-15)5-8-16(23)20-10-11-22-17-14(12-19)2-1-9-21-17/h1-9H,10-11H2,(H,20,23)(H,21,22)/b8-5+. The second-order valence-corrected chi connectivity index (χ2v) is 4.61. The third-order valence-corrected chi connectivity index (χ3v) is 2.94. The molecule has 1 aromatic heterocycles. The average Bonchev–Trinajstić information content (AvgIpc) is 2.58. The van der Waals surface area contributed by atoms with Crippen molar-refractivity contribution in [3.8, 4) is 6.07 Å². The minimum atomic E-state index is -0.316. The fourth-order valence-electron chi connectivity index (χ4n) is 1.81. The van der Waals surface area contributed by atoms with Crippen molar-refractivity contribution in [3.63, 3.8) is 0 Å². The largest absolute Gasteiger partial charge is 0.367 e. The fourth-order valence-corrected chi connectivity index (χ4v) is 1.81. The van der Waals surface area contributed by atoms with Gasteiger partial charge in [0.2, 0.25) is 5.91 Å². The van der Waals surface area contributed by atoms with Crippen LogP contribution < -0.4 is 10.6 Å². The highest BCUT2D eigenvalue weighted by molar-refractivity contribution is 5.91. The van der Waals surface area contributed by atoms with E-state index < -0.39 is 0 Å². The number of aromatic nitrogens is 1. The van der Waals surface area contributed by atoms with Crippen LogP contribution in [-0.4, -0.2) is 24.0 Å². The Bertz CT molecular complexity index is 735. The normalized spacial score (nSPS) is 10.3. The molecule has 0 aliphatic rings. The van der Waals surface area contributed by atoms with E-state index in [1.807, 2.05) is 6.07 Å². The van der Waals surface area contributed by atoms with E-state index in [1.165, 1.54) is 18.2 Å². The zero-order chi connectivity index (χ0) is 16.5. The van der Waals surface area contributed by atoms with E-state index in [0.29, 0.717) is 24.5 Å². The smallest absolute Gasteiger partial charge is 0.244 e. The van der Waals surface area contributed by atoms with Crippen LogP contribution in [0.1, 0.15) is 11.1 Å². The van der Waals surface area contributed by atoms with E-state index >= 15 is 0 Å². The van der Waals surface area contributed by atoms with E-state index in [-0.39, 0.29) is 11.7 Å². The van der Waals surface area contributed by atoms with Crippen molar-refractivity contribution in [2.75, 3.05) is 18.4 Å². The minimum Gasteiger partial charge on any atom is -0.367 e. The zero-order valence-corrected chi connectivity index (χ0v) is 12.3. The molecule has 5 nitrogen and oxygen atoms in total. The molecule has 2 aromatic rings. The molecule has 1 heterocycles. The number of nitrogens with zero attached hydrogens (tertiary/aromatic N) is 2. The number of halogens is 1. The van der Waals surface area contributed by atoms with Gasteiger partial charge >= 0.3 is 0 Å². The molecule has 23 heavy (non-hydrogen) atoms. The van der Waals surface area contributed by atoms with Gasteiger partial charge in [-0.1, -0.05) is 12.1 Å². The van der Waals surface area contributed by atoms with Gasteiger partial charge in [0.25, 0.3) is 0 Å². The molecule has 1 aromatic carbocycles. The van der Waals surface area contributed by atoms with E-state index in [0.717, 1.165) is 5.56 Å². The molecule has 0 saturated heterocycles. The molecule has 2 N–H and O–H groups in total. The second kappa shape index (κ2) is 8.29. The second-order valence-electron chi connectivity index (χ2n) is 4.61. The van der Waals surface area contributed by atoms with Crippen LogP contribution in [0.4, 0.5) is 10.2 Å². The monoisotopic (exact) mass is 310 g/mol. The van der Waals surface area contributed by atoms with Gasteiger partial charge in [-0.2, -0.15) is 5.26 Å². The van der Waals surface area contributed by atoms with E-state index in [9.17, 15) is 9.18 Å². The van der Waals surface area contributed by atoms with E-state index in [1.54, 1.807) is 36.5 Å². The van der Waals surface area contributed by atoms with E-state index in [4.69, 9.17) is 5.26 Å². The summed E-state index contributed by atoms with van der Waals surface area (Å²) in [5.41, 5.74) is 1.20. The van der Waals surface area contributed by atoms with Crippen LogP contribution in [0.15, 0.2) is 48.7 Å². The summed E-state index contributed by atoms with van der Waals surface area (Å²) in [6, 6.07) is 11.2. The lowest BCUT2D eigenvalue weighted by Crippen LogP contribution is -2.27. The van der Waals surface area contributed by atoms with Crippen molar-refractivity contribution in [1.82, 2.24) is 10.3 Å². The molecule has 0 saturated carbocycles. The number of carbonyl (C=O) groups is 1. The molecule has 0 unspecified atom stereocenters. The first-order chi connectivity index (χ1) is 11.2. The van der Waals surface area contributed by atoms with Crippen molar-refractivity contribution in [3.05, 3.63) is 65.6 Å². The average molecular weight is 310 g/mol. The number of benzene rings is 1. The molecule has 0 aliphatic carbocycles. The number of nitriles is 1. The van der Waals surface area contributed by atoms with Crippen LogP contribution >= 0.6 is 0 Å². The van der Waals surface area contributed by atoms with Gasteiger partial charge in [0.1, 0.15) is 17.7 Å². The SMILES string of the molecule is N#Cc1cccnc1NCCNC(=O)/C=C/c1ccc(F)cc1. The quantitative estimate of drug-likeness (QED) is 0.634. The Kier molecular flexibility index (Phi) is 5.83. The van der Waals surface area contributed by atoms with Crippen LogP contribution in [0.25, 0.3) is 6.08 Å². The van der Waals surface area contributed by atoms with Gasteiger partial charge in [-0.05, 0) is 35.9 Å². The number of nitrogens with one attached hydrogen (secondary N) is 2. The summed E-state index contributed by atoms with van der Waals surface area (Å²) < 4.78 is 12.7. The summed E-state index contributed by atoms with van der Waals surface area (Å²) in [5.74, 6) is -0.0762. The Morgan fingerprint density at radius 2 is 2.04 bits per heavy atom. The van der Waals surface area contributed by atoms with Gasteiger partial charge in [-0.3, -0.25) is 4.79 Å². The van der Waals surface area contributed by atoms with Gasteiger partial charge in [0, 0.05) is 25.4 Å². The molecule has 2 rings (SSSR count). The lowest BCUT2D eigenvalue weighted by molar-refractivity contribution is -0.116. The minimum absolute atomic E-state index is 0.252. The number of hydrogen-bond acceptors (Lipinski definition) is 4. The molecule has 0 fully saturated rings. The van der Waals surface area contributed by atoms with Crippen molar-refractivity contribution >= 4 is 17.8 Å². The molecule has 116 valence electrons. The van der Waals surface area contributed by atoms with Crippen LogP contribution in [0.2, 0.25) is 0 Å². The Hall–Kier alpha value is -3.20. The van der Waals surface area contributed by atoms with Gasteiger partial charge in [0.05, 0.1) is 5.56 Å². The first-order valence-electron chi connectivity index (χ1n) is 6.99. The van der Waals surface area contributed by atoms with Gasteiger partial charge in [-0.25, -0.2) is 9.37 Å². The lowest BCUT2D eigenvalue weighted by Gasteiger charge is -2.07. The molecule has 6 heteroatoms. The molecule has 0 radical (unpaired) electrons. The molecular formula is C17H15FN4O. The third kappa shape index (κ3) is 5.25. The Morgan fingerprint density at radius 1 is 1.26 bits per heavy atom. The van der Waals surface area contributed by atoms with Gasteiger partial charge in [0.15, 0.2) is 0 Å². The predicted octanol–water partition coefficient (Wildman–Crippen LogP) is 2.33. The van der Waals surface area contributed by atoms with Crippen LogP contribution in [-0.2, 0) is 4.79 Å². The molecular weight excluding hydrogens is 295 g/mol. The number of hydrogen-bond donors (Lipinski definition) is 2. The lowest BCUT2D eigenvalue weighted by atomic mass is 10.2. The Balaban J connectivity index is 1.75. The molecule has 0 aliphatic heterocycles. The van der Waals surface area contributed by atoms with Crippen molar-refractivity contribution in [1.29, 1.82) is 5.26 Å². The van der Waals surface area contributed by atoms with Crippen LogP contribution in [0, 0.1) is 17.1 Å². The Morgan fingerprint density at radius 3 is 2.78 bits per heavy atom. The number of amides is 1. The first kappa shape index (κ1) is 16.2. The summed E-state index contributed by atoms with van der Waals surface area (Å²) in [4.78, 5) is 15.7. The number of anilines is 1. The summed E-state index contributed by atoms with van der Waals surface area (Å²) in [7, 11) is 0. The molecule has 1 amide bonds. The van der Waals surface area contributed by atoms with Crippen LogP contribution in [0.5, 0.6) is 0 Å². The maximum atomic E-state index is 12.7. The number of rotatable bonds is 6. The summed E-state index contributed by atoms with van der Waals surface area (Å²) in [6.07, 6.45) is 4.58. The van der Waals surface area contributed by atoms with Crippen LogP contribution in [0.3, 0.4) is 0 Å². The number of carbonyl (C=O) groups excluding carboxylic acids is 1. The molecule has 0 spiro atoms. The summed E-state index contributed by atoms with van der Waals surface area (Å²) in [6.45, 7) is 0.829. The van der Waals surface area contributed by atoms with E-state index in [2.05, 4.69) is 15.6 Å².